The van der Waals surface area contributed by atoms with Gasteiger partial charge in [0, 0.05) is 30.4 Å². The van der Waals surface area contributed by atoms with Crippen molar-refractivity contribution in [1.82, 2.24) is 14.6 Å². The number of fused-ring (bicyclic) bond motifs is 1. The number of rotatable bonds is 5. The highest BCUT2D eigenvalue weighted by molar-refractivity contribution is 8.25. The van der Waals surface area contributed by atoms with Crippen LogP contribution in [0.4, 0.5) is 23.0 Å². The van der Waals surface area contributed by atoms with E-state index in [1.165, 1.54) is 6.92 Å². The molecule has 0 aliphatic carbocycles. The molecule has 10 heteroatoms. The summed E-state index contributed by atoms with van der Waals surface area (Å²) in [4.78, 5) is 15.7. The molecule has 0 spiro atoms. The average Bonchev–Trinajstić information content (AvgIpc) is 3.36. The van der Waals surface area contributed by atoms with Crippen molar-refractivity contribution in [2.24, 2.45) is 0 Å². The lowest BCUT2D eigenvalue weighted by Gasteiger charge is -2.38. The molecular weight excluding hydrogens is 440 g/mol. The summed E-state index contributed by atoms with van der Waals surface area (Å²) in [6, 6.07) is 18.9. The fraction of sp³-hybridized carbons (Fsp3) is 0.174. The first kappa shape index (κ1) is 21.3. The smallest absolute Gasteiger partial charge is 0.245 e. The van der Waals surface area contributed by atoms with E-state index < -0.39 is 10.8 Å². The van der Waals surface area contributed by atoms with Crippen molar-refractivity contribution >= 4 is 45.2 Å². The number of anilines is 4. The number of amides is 1. The van der Waals surface area contributed by atoms with Crippen LogP contribution in [0.1, 0.15) is 13.3 Å². The minimum atomic E-state index is -2.76. The highest BCUT2D eigenvalue weighted by Crippen LogP contribution is 2.51. The van der Waals surface area contributed by atoms with E-state index in [1.807, 2.05) is 60.7 Å². The number of nitrogens with one attached hydrogen (secondary N) is 2. The Labute approximate surface area is 192 Å². The quantitative estimate of drug-likeness (QED) is 0.329. The second-order valence-corrected chi connectivity index (χ2v) is 9.98. The monoisotopic (exact) mass is 464 g/mol. The summed E-state index contributed by atoms with van der Waals surface area (Å²) in [5.41, 5.74) is 4.81. The van der Waals surface area contributed by atoms with Gasteiger partial charge >= 0.3 is 0 Å². The minimum absolute atomic E-state index is 0.140. The van der Waals surface area contributed by atoms with E-state index in [0.29, 0.717) is 23.9 Å². The lowest BCUT2D eigenvalue weighted by Crippen LogP contribution is -2.21. The number of benzene rings is 2. The highest BCUT2D eigenvalue weighted by atomic mass is 32.3. The molecule has 33 heavy (non-hydrogen) atoms. The maximum atomic E-state index is 11.3. The van der Waals surface area contributed by atoms with Crippen LogP contribution in [0.15, 0.2) is 66.9 Å². The lowest BCUT2D eigenvalue weighted by atomic mass is 10.1. The molecule has 4 N–H and O–H groups in total. The van der Waals surface area contributed by atoms with E-state index in [1.54, 1.807) is 15.0 Å². The molecule has 1 saturated heterocycles. The van der Waals surface area contributed by atoms with Gasteiger partial charge in [-0.25, -0.2) is 9.50 Å². The highest BCUT2D eigenvalue weighted by Gasteiger charge is 2.29. The first-order valence-corrected chi connectivity index (χ1v) is 12.2. The van der Waals surface area contributed by atoms with Crippen LogP contribution >= 0.6 is 10.8 Å². The molecule has 0 saturated carbocycles. The normalized spacial score (nSPS) is 16.0. The zero-order valence-electron chi connectivity index (χ0n) is 18.0. The van der Waals surface area contributed by atoms with Crippen LogP contribution in [0.25, 0.3) is 16.8 Å². The Kier molecular flexibility index (Phi) is 5.41. The Morgan fingerprint density at radius 1 is 1.06 bits per heavy atom. The van der Waals surface area contributed by atoms with Gasteiger partial charge in [-0.2, -0.15) is 0 Å². The molecule has 1 amide bonds. The summed E-state index contributed by atoms with van der Waals surface area (Å²) < 4.78 is 24.2. The summed E-state index contributed by atoms with van der Waals surface area (Å²) in [6.45, 7) is 2.08. The molecule has 2 aromatic heterocycles. The summed E-state index contributed by atoms with van der Waals surface area (Å²) >= 11 is 0. The molecule has 170 valence electrons. The third-order valence-corrected chi connectivity index (χ3v) is 7.34. The zero-order chi connectivity index (χ0) is 23.0. The third kappa shape index (κ3) is 4.36. The van der Waals surface area contributed by atoms with Crippen molar-refractivity contribution in [2.75, 3.05) is 27.2 Å². The van der Waals surface area contributed by atoms with Gasteiger partial charge in [0.1, 0.15) is 0 Å². The molecule has 5 rings (SSSR count). The summed E-state index contributed by atoms with van der Waals surface area (Å²) in [5, 5.41) is 10.6. The lowest BCUT2D eigenvalue weighted by molar-refractivity contribution is -0.114. The Balaban J connectivity index is 1.46. The number of carbonyl (C=O) groups is 1. The largest absolute Gasteiger partial charge is 0.326 e. The maximum Gasteiger partial charge on any atom is 0.245 e. The molecule has 1 fully saturated rings. The van der Waals surface area contributed by atoms with Gasteiger partial charge < -0.3 is 10.6 Å². The summed E-state index contributed by atoms with van der Waals surface area (Å²) in [5.74, 6) is 0.667. The maximum absolute atomic E-state index is 11.3. The van der Waals surface area contributed by atoms with Crippen LogP contribution in [-0.4, -0.2) is 41.9 Å². The zero-order valence-corrected chi connectivity index (χ0v) is 18.8. The van der Waals surface area contributed by atoms with Crippen LogP contribution in [0, 0.1) is 0 Å². The second-order valence-electron chi connectivity index (χ2n) is 7.87. The number of carbonyl (C=O) groups excluding carboxylic acids is 1. The van der Waals surface area contributed by atoms with Gasteiger partial charge in [0.05, 0.1) is 28.8 Å². The molecule has 4 aromatic rings. The minimum Gasteiger partial charge on any atom is -0.326 e. The van der Waals surface area contributed by atoms with Crippen molar-refractivity contribution in [3.8, 4) is 11.3 Å². The van der Waals surface area contributed by atoms with Crippen molar-refractivity contribution in [3.05, 3.63) is 66.9 Å². The van der Waals surface area contributed by atoms with E-state index in [2.05, 4.69) is 20.7 Å². The molecule has 1 aliphatic rings. The van der Waals surface area contributed by atoms with E-state index in [9.17, 15) is 13.9 Å². The van der Waals surface area contributed by atoms with E-state index in [4.69, 9.17) is 0 Å². The Bertz CT molecular complexity index is 1340. The van der Waals surface area contributed by atoms with Gasteiger partial charge in [-0.05, 0) is 48.9 Å². The molecule has 1 aliphatic heterocycles. The van der Waals surface area contributed by atoms with Crippen LogP contribution in [0.2, 0.25) is 0 Å². The first-order valence-electron chi connectivity index (χ1n) is 10.5. The van der Waals surface area contributed by atoms with Crippen molar-refractivity contribution in [1.29, 1.82) is 0 Å². The standard InChI is InChI=1S/C23H24N6O3S/c1-16(30)25-18-6-3-7-19(14-18)26-23-24-15-21-9-10-22(29(21)27-23)17-5-2-8-20(13-17)28-11-4-12-33(28,31)32/h2-3,5-10,13-15,31-32H,4,11-12H2,1H3,(H,25,30)(H,26,27). The van der Waals surface area contributed by atoms with Crippen LogP contribution < -0.4 is 14.9 Å². The first-order chi connectivity index (χ1) is 15.9. The van der Waals surface area contributed by atoms with Crippen LogP contribution in [-0.2, 0) is 4.79 Å². The molecule has 0 radical (unpaired) electrons. The molecule has 0 unspecified atom stereocenters. The molecule has 3 heterocycles. The summed E-state index contributed by atoms with van der Waals surface area (Å²) in [7, 11) is -2.76. The number of nitrogens with zero attached hydrogens (tertiary/aromatic N) is 4. The van der Waals surface area contributed by atoms with Gasteiger partial charge in [0.2, 0.25) is 11.9 Å². The number of hydrogen-bond acceptors (Lipinski definition) is 7. The van der Waals surface area contributed by atoms with Gasteiger partial charge in [0.15, 0.2) is 0 Å². The predicted molar refractivity (Wildman–Crippen MR) is 132 cm³/mol. The SMILES string of the molecule is CC(=O)Nc1cccc(Nc2ncc3ccc(-c4cccc(N5CCCS5(O)O)c4)n3n2)c1. The molecule has 9 nitrogen and oxygen atoms in total. The van der Waals surface area contributed by atoms with E-state index in [-0.39, 0.29) is 5.91 Å². The van der Waals surface area contributed by atoms with Crippen LogP contribution in [0.5, 0.6) is 0 Å². The Hall–Kier alpha value is -3.60. The average molecular weight is 465 g/mol. The van der Waals surface area contributed by atoms with Crippen molar-refractivity contribution in [3.63, 3.8) is 0 Å². The predicted octanol–water partition coefficient (Wildman–Crippen LogP) is 4.97. The summed E-state index contributed by atoms with van der Waals surface area (Å²) in [6.07, 6.45) is 2.49. The Morgan fingerprint density at radius 2 is 1.88 bits per heavy atom. The van der Waals surface area contributed by atoms with Crippen LogP contribution in [0.3, 0.4) is 0 Å². The Morgan fingerprint density at radius 3 is 2.67 bits per heavy atom. The van der Waals surface area contributed by atoms with Gasteiger partial charge in [-0.1, -0.05) is 18.2 Å². The van der Waals surface area contributed by atoms with Gasteiger partial charge in [0.25, 0.3) is 0 Å². The fourth-order valence-electron chi connectivity index (χ4n) is 3.96. The molecule has 2 aromatic carbocycles. The molecule has 0 atom stereocenters. The van der Waals surface area contributed by atoms with Gasteiger partial charge in [-0.3, -0.25) is 18.2 Å². The van der Waals surface area contributed by atoms with Crippen molar-refractivity contribution in [2.45, 2.75) is 13.3 Å². The van der Waals surface area contributed by atoms with Gasteiger partial charge in [-0.15, -0.1) is 15.9 Å². The number of aromatic nitrogens is 3. The van der Waals surface area contributed by atoms with E-state index >= 15 is 0 Å². The second kappa shape index (κ2) is 8.39. The number of hydrogen-bond donors (Lipinski definition) is 4. The molecule has 0 bridgehead atoms. The third-order valence-electron chi connectivity index (χ3n) is 5.40. The van der Waals surface area contributed by atoms with E-state index in [0.717, 1.165) is 34.6 Å². The van der Waals surface area contributed by atoms with Crippen molar-refractivity contribution < 1.29 is 13.9 Å². The molecular formula is C23H24N6O3S. The topological polar surface area (TPSA) is 115 Å². The fourth-order valence-corrected chi connectivity index (χ4v) is 5.57.